The molecule has 0 aromatic carbocycles. The van der Waals surface area contributed by atoms with Crippen LogP contribution in [0, 0.1) is 11.8 Å². The molecule has 0 bridgehead atoms. The van der Waals surface area contributed by atoms with E-state index in [1.807, 2.05) is 18.7 Å². The second kappa shape index (κ2) is 6.21. The van der Waals surface area contributed by atoms with Gasteiger partial charge in [-0.3, -0.25) is 0 Å². The smallest absolute Gasteiger partial charge is 0.335 e. The predicted octanol–water partition coefficient (Wildman–Crippen LogP) is 0.790. The molecule has 2 N–H and O–H groups in total. The molecule has 7 nitrogen and oxygen atoms in total. The topological polar surface area (TPSA) is 99.6 Å². The molecule has 0 radical (unpaired) electrons. The number of carboxylic acids is 1. The third-order valence-corrected chi connectivity index (χ3v) is 4.63. The summed E-state index contributed by atoms with van der Waals surface area (Å²) < 4.78 is 25.7. The molecule has 1 aromatic heterocycles. The van der Waals surface area contributed by atoms with Crippen LogP contribution in [0.15, 0.2) is 18.3 Å². The molecule has 1 aliphatic rings. The van der Waals surface area contributed by atoms with Crippen molar-refractivity contribution >= 4 is 21.8 Å². The maximum absolute atomic E-state index is 11.5. The Morgan fingerprint density at radius 2 is 2.14 bits per heavy atom. The highest BCUT2D eigenvalue weighted by Crippen LogP contribution is 2.28. The van der Waals surface area contributed by atoms with Gasteiger partial charge in [0.1, 0.15) is 5.82 Å². The van der Waals surface area contributed by atoms with Crippen molar-refractivity contribution in [3.8, 4) is 0 Å². The van der Waals surface area contributed by atoms with E-state index in [1.54, 1.807) is 0 Å². The van der Waals surface area contributed by atoms with E-state index < -0.39 is 16.0 Å². The third kappa shape index (κ3) is 3.95. The SMILES string of the molecule is CC(C)C1CN(c2cc(C(=O)O)ccn2)CC1NS(C)(=O)=O. The van der Waals surface area contributed by atoms with Gasteiger partial charge in [0.05, 0.1) is 11.8 Å². The highest BCUT2D eigenvalue weighted by molar-refractivity contribution is 7.88. The number of anilines is 1. The monoisotopic (exact) mass is 327 g/mol. The number of aromatic nitrogens is 1. The van der Waals surface area contributed by atoms with Crippen molar-refractivity contribution in [2.75, 3.05) is 24.2 Å². The molecule has 122 valence electrons. The van der Waals surface area contributed by atoms with E-state index >= 15 is 0 Å². The Kier molecular flexibility index (Phi) is 4.72. The van der Waals surface area contributed by atoms with Crippen molar-refractivity contribution < 1.29 is 18.3 Å². The molecule has 0 amide bonds. The molecule has 8 heteroatoms. The van der Waals surface area contributed by atoms with E-state index in [9.17, 15) is 13.2 Å². The van der Waals surface area contributed by atoms with Gasteiger partial charge in [0.2, 0.25) is 10.0 Å². The minimum atomic E-state index is -3.29. The summed E-state index contributed by atoms with van der Waals surface area (Å²) >= 11 is 0. The number of aromatic carboxylic acids is 1. The first kappa shape index (κ1) is 16.7. The Morgan fingerprint density at radius 3 is 2.68 bits per heavy atom. The lowest BCUT2D eigenvalue weighted by Gasteiger charge is -2.21. The first-order valence-electron chi connectivity index (χ1n) is 7.09. The number of pyridine rings is 1. The molecule has 2 atom stereocenters. The molecule has 1 aliphatic heterocycles. The predicted molar refractivity (Wildman–Crippen MR) is 83.5 cm³/mol. The fourth-order valence-corrected chi connectivity index (χ4v) is 3.61. The Bertz CT molecular complexity index is 660. The average molecular weight is 327 g/mol. The maximum atomic E-state index is 11.5. The third-order valence-electron chi connectivity index (χ3n) is 3.90. The molecule has 1 aromatic rings. The second-order valence-corrected chi connectivity index (χ2v) is 7.80. The number of hydrogen-bond donors (Lipinski definition) is 2. The van der Waals surface area contributed by atoms with Gasteiger partial charge in [-0.15, -0.1) is 0 Å². The van der Waals surface area contributed by atoms with Crippen molar-refractivity contribution in [3.05, 3.63) is 23.9 Å². The van der Waals surface area contributed by atoms with Crippen LogP contribution in [-0.4, -0.2) is 49.9 Å². The Balaban J connectivity index is 2.23. The summed E-state index contributed by atoms with van der Waals surface area (Å²) in [4.78, 5) is 17.2. The molecule has 2 heterocycles. The van der Waals surface area contributed by atoms with Crippen LogP contribution in [0.25, 0.3) is 0 Å². The highest BCUT2D eigenvalue weighted by Gasteiger charge is 2.36. The van der Waals surface area contributed by atoms with Crippen LogP contribution in [0.4, 0.5) is 5.82 Å². The van der Waals surface area contributed by atoms with Crippen LogP contribution in [0.2, 0.25) is 0 Å². The molecule has 0 spiro atoms. The van der Waals surface area contributed by atoms with Gasteiger partial charge in [0, 0.05) is 25.3 Å². The number of hydrogen-bond acceptors (Lipinski definition) is 5. The van der Waals surface area contributed by atoms with Crippen molar-refractivity contribution in [1.82, 2.24) is 9.71 Å². The normalized spacial score (nSPS) is 22.3. The van der Waals surface area contributed by atoms with E-state index in [2.05, 4.69) is 9.71 Å². The van der Waals surface area contributed by atoms with Gasteiger partial charge in [-0.25, -0.2) is 22.9 Å². The fraction of sp³-hybridized carbons (Fsp3) is 0.571. The summed E-state index contributed by atoms with van der Waals surface area (Å²) in [5.74, 6) is -0.00525. The number of carboxylic acid groups (broad SMARTS) is 1. The Hall–Kier alpha value is -1.67. The first-order chi connectivity index (χ1) is 10.2. The Morgan fingerprint density at radius 1 is 1.45 bits per heavy atom. The standard InChI is InChI=1S/C14H21N3O4S/c1-9(2)11-7-17(8-12(11)16-22(3,20)21)13-6-10(14(18)19)4-5-15-13/h4-6,9,11-12,16H,7-8H2,1-3H3,(H,18,19). The lowest BCUT2D eigenvalue weighted by Crippen LogP contribution is -2.41. The summed E-state index contributed by atoms with van der Waals surface area (Å²) in [5, 5.41) is 9.06. The first-order valence-corrected chi connectivity index (χ1v) is 8.98. The number of rotatable bonds is 5. The van der Waals surface area contributed by atoms with Crippen molar-refractivity contribution in [1.29, 1.82) is 0 Å². The summed E-state index contributed by atoms with van der Waals surface area (Å²) in [6.45, 7) is 5.21. The quantitative estimate of drug-likeness (QED) is 0.829. The van der Waals surface area contributed by atoms with Gasteiger partial charge in [-0.05, 0) is 24.0 Å². The lowest BCUT2D eigenvalue weighted by molar-refractivity contribution is 0.0696. The minimum Gasteiger partial charge on any atom is -0.478 e. The van der Waals surface area contributed by atoms with Gasteiger partial charge in [-0.2, -0.15) is 0 Å². The molecule has 0 aliphatic carbocycles. The summed E-state index contributed by atoms with van der Waals surface area (Å²) in [7, 11) is -3.29. The van der Waals surface area contributed by atoms with Gasteiger partial charge in [0.25, 0.3) is 0 Å². The number of carbonyl (C=O) groups is 1. The highest BCUT2D eigenvalue weighted by atomic mass is 32.2. The van der Waals surface area contributed by atoms with Crippen molar-refractivity contribution in [2.24, 2.45) is 11.8 Å². The van der Waals surface area contributed by atoms with Crippen molar-refractivity contribution in [2.45, 2.75) is 19.9 Å². The zero-order valence-electron chi connectivity index (χ0n) is 12.9. The van der Waals surface area contributed by atoms with Crippen LogP contribution in [0.3, 0.4) is 0 Å². The molecular weight excluding hydrogens is 306 g/mol. The van der Waals surface area contributed by atoms with Gasteiger partial charge >= 0.3 is 5.97 Å². The molecule has 1 fully saturated rings. The molecule has 0 saturated carbocycles. The van der Waals surface area contributed by atoms with E-state index in [0.29, 0.717) is 24.8 Å². The molecule has 2 unspecified atom stereocenters. The number of nitrogens with one attached hydrogen (secondary N) is 1. The minimum absolute atomic E-state index is 0.144. The summed E-state index contributed by atoms with van der Waals surface area (Å²) in [6, 6.07) is 2.75. The van der Waals surface area contributed by atoms with E-state index in [4.69, 9.17) is 5.11 Å². The molecule has 22 heavy (non-hydrogen) atoms. The van der Waals surface area contributed by atoms with E-state index in [0.717, 1.165) is 6.26 Å². The zero-order chi connectivity index (χ0) is 16.5. The Labute approximate surface area is 130 Å². The van der Waals surface area contributed by atoms with Crippen LogP contribution in [0.1, 0.15) is 24.2 Å². The van der Waals surface area contributed by atoms with E-state index in [1.165, 1.54) is 18.3 Å². The average Bonchev–Trinajstić information content (AvgIpc) is 2.80. The molecule has 2 rings (SSSR count). The van der Waals surface area contributed by atoms with Crippen LogP contribution in [0.5, 0.6) is 0 Å². The maximum Gasteiger partial charge on any atom is 0.335 e. The van der Waals surface area contributed by atoms with E-state index in [-0.39, 0.29) is 17.5 Å². The number of nitrogens with zero attached hydrogens (tertiary/aromatic N) is 2. The summed E-state index contributed by atoms with van der Waals surface area (Å²) in [6.07, 6.45) is 2.61. The zero-order valence-corrected chi connectivity index (χ0v) is 13.7. The summed E-state index contributed by atoms with van der Waals surface area (Å²) in [5.41, 5.74) is 0.172. The van der Waals surface area contributed by atoms with Gasteiger partial charge in [-0.1, -0.05) is 13.8 Å². The second-order valence-electron chi connectivity index (χ2n) is 6.02. The van der Waals surface area contributed by atoms with Gasteiger partial charge in [0.15, 0.2) is 0 Å². The number of sulfonamides is 1. The molecular formula is C14H21N3O4S. The largest absolute Gasteiger partial charge is 0.478 e. The molecule has 1 saturated heterocycles. The van der Waals surface area contributed by atoms with Crippen molar-refractivity contribution in [3.63, 3.8) is 0 Å². The van der Waals surface area contributed by atoms with Crippen LogP contribution < -0.4 is 9.62 Å². The fourth-order valence-electron chi connectivity index (χ4n) is 2.82. The van der Waals surface area contributed by atoms with Crippen LogP contribution in [-0.2, 0) is 10.0 Å². The lowest BCUT2D eigenvalue weighted by atomic mass is 9.92. The van der Waals surface area contributed by atoms with Gasteiger partial charge < -0.3 is 10.0 Å². The van der Waals surface area contributed by atoms with Crippen LogP contribution >= 0.6 is 0 Å².